The van der Waals surface area contributed by atoms with Gasteiger partial charge < -0.3 is 10.4 Å². The Morgan fingerprint density at radius 2 is 1.96 bits per heavy atom. The van der Waals surface area contributed by atoms with Crippen molar-refractivity contribution in [3.05, 3.63) is 70.1 Å². The van der Waals surface area contributed by atoms with Crippen molar-refractivity contribution in [2.45, 2.75) is 6.92 Å². The van der Waals surface area contributed by atoms with Gasteiger partial charge in [0, 0.05) is 0 Å². The predicted molar refractivity (Wildman–Crippen MR) is 95.4 cm³/mol. The van der Waals surface area contributed by atoms with E-state index >= 15 is 0 Å². The topological polar surface area (TPSA) is 78.8 Å². The van der Waals surface area contributed by atoms with Crippen molar-refractivity contribution in [2.75, 3.05) is 0 Å². The third-order valence-corrected chi connectivity index (χ3v) is 4.34. The Morgan fingerprint density at radius 3 is 2.67 bits per heavy atom. The minimum Gasteiger partial charge on any atom is -0.478 e. The third-order valence-electron chi connectivity index (χ3n) is 3.43. The summed E-state index contributed by atoms with van der Waals surface area (Å²) < 4.78 is 0. The van der Waals surface area contributed by atoms with Crippen LogP contribution in [0.5, 0.6) is 0 Å². The maximum absolute atomic E-state index is 12.1. The van der Waals surface area contributed by atoms with Crippen molar-refractivity contribution >= 4 is 40.6 Å². The number of carbonyl (C=O) groups is 2. The number of nitrogens with one attached hydrogen (secondary N) is 1. The third kappa shape index (κ3) is 3.55. The number of aliphatic imine (C=N–C) groups is 1. The lowest BCUT2D eigenvalue weighted by Crippen LogP contribution is -2.19. The molecule has 0 atom stereocenters. The molecule has 0 aromatic heterocycles. The summed E-state index contributed by atoms with van der Waals surface area (Å²) in [6.45, 7) is 1.84. The van der Waals surface area contributed by atoms with Crippen LogP contribution in [0.4, 0.5) is 5.69 Å². The molecule has 0 spiro atoms. The Labute approximate surface area is 143 Å². The van der Waals surface area contributed by atoms with Gasteiger partial charge in [-0.3, -0.25) is 4.79 Å². The van der Waals surface area contributed by atoms with E-state index in [0.717, 1.165) is 11.1 Å². The number of carboxylic acids is 1. The number of hydrogen-bond acceptors (Lipinski definition) is 4. The fraction of sp³-hybridized carbons (Fsp3) is 0.0556. The largest absolute Gasteiger partial charge is 0.478 e. The van der Waals surface area contributed by atoms with Crippen LogP contribution in [0.2, 0.25) is 0 Å². The zero-order chi connectivity index (χ0) is 17.1. The van der Waals surface area contributed by atoms with Crippen molar-refractivity contribution in [3.8, 4) is 0 Å². The van der Waals surface area contributed by atoms with E-state index in [9.17, 15) is 9.59 Å². The maximum Gasteiger partial charge on any atom is 0.335 e. The fourth-order valence-corrected chi connectivity index (χ4v) is 2.99. The molecule has 2 aromatic carbocycles. The Bertz CT molecular complexity index is 873. The average Bonchev–Trinajstić information content (AvgIpc) is 2.90. The van der Waals surface area contributed by atoms with E-state index in [1.54, 1.807) is 12.1 Å². The van der Waals surface area contributed by atoms with E-state index in [2.05, 4.69) is 10.3 Å². The van der Waals surface area contributed by atoms with Gasteiger partial charge in [0.15, 0.2) is 5.17 Å². The Balaban J connectivity index is 1.88. The molecule has 3 rings (SSSR count). The minimum atomic E-state index is -1.01. The summed E-state index contributed by atoms with van der Waals surface area (Å²) in [6.07, 6.45) is 1.79. The van der Waals surface area contributed by atoms with E-state index in [0.29, 0.717) is 15.8 Å². The molecule has 24 heavy (non-hydrogen) atoms. The molecule has 1 aliphatic rings. The van der Waals surface area contributed by atoms with Gasteiger partial charge >= 0.3 is 5.97 Å². The standard InChI is InChI=1S/C18H14N2O3S/c1-11-7-8-13(17(22)23)10-14(11)19-18-20-16(21)15(24-18)9-12-5-3-2-4-6-12/h2-10H,1H3,(H,22,23)(H,19,20,21). The Morgan fingerprint density at radius 1 is 1.21 bits per heavy atom. The summed E-state index contributed by atoms with van der Waals surface area (Å²) in [4.78, 5) is 28.1. The van der Waals surface area contributed by atoms with Gasteiger partial charge in [0.05, 0.1) is 16.2 Å². The van der Waals surface area contributed by atoms with Crippen LogP contribution < -0.4 is 5.32 Å². The first-order valence-corrected chi connectivity index (χ1v) is 8.03. The van der Waals surface area contributed by atoms with Crippen molar-refractivity contribution in [1.82, 2.24) is 5.32 Å². The Hall–Kier alpha value is -2.86. The lowest BCUT2D eigenvalue weighted by atomic mass is 10.1. The van der Waals surface area contributed by atoms with Crippen LogP contribution in [0.15, 0.2) is 58.4 Å². The van der Waals surface area contributed by atoms with Gasteiger partial charge in [-0.15, -0.1) is 0 Å². The summed E-state index contributed by atoms with van der Waals surface area (Å²) in [5.74, 6) is -1.22. The number of amides is 1. The molecule has 0 bridgehead atoms. The first-order chi connectivity index (χ1) is 11.5. The second-order valence-corrected chi connectivity index (χ2v) is 6.23. The van der Waals surface area contributed by atoms with Gasteiger partial charge in [-0.1, -0.05) is 36.4 Å². The number of hydrogen-bond donors (Lipinski definition) is 2. The van der Waals surface area contributed by atoms with Crippen LogP contribution in [-0.2, 0) is 4.79 Å². The number of rotatable bonds is 3. The van der Waals surface area contributed by atoms with Gasteiger partial charge in [-0.05, 0) is 48.0 Å². The van der Waals surface area contributed by atoms with Gasteiger partial charge in [-0.2, -0.15) is 0 Å². The van der Waals surface area contributed by atoms with Crippen molar-refractivity contribution < 1.29 is 14.7 Å². The number of carboxylic acid groups (broad SMARTS) is 1. The second kappa shape index (κ2) is 6.72. The molecule has 2 N–H and O–H groups in total. The smallest absolute Gasteiger partial charge is 0.335 e. The number of carbonyl (C=O) groups excluding carboxylic acids is 1. The summed E-state index contributed by atoms with van der Waals surface area (Å²) >= 11 is 1.23. The lowest BCUT2D eigenvalue weighted by molar-refractivity contribution is -0.115. The highest BCUT2D eigenvalue weighted by Crippen LogP contribution is 2.29. The summed E-state index contributed by atoms with van der Waals surface area (Å²) in [5, 5.41) is 12.2. The maximum atomic E-state index is 12.1. The van der Waals surface area contributed by atoms with Crippen LogP contribution in [0, 0.1) is 6.92 Å². The monoisotopic (exact) mass is 338 g/mol. The van der Waals surface area contributed by atoms with Crippen LogP contribution >= 0.6 is 11.8 Å². The van der Waals surface area contributed by atoms with E-state index in [4.69, 9.17) is 5.11 Å². The molecule has 6 heteroatoms. The second-order valence-electron chi connectivity index (χ2n) is 5.20. The molecule has 1 saturated heterocycles. The number of benzene rings is 2. The quantitative estimate of drug-likeness (QED) is 0.838. The molecular formula is C18H14N2O3S. The van der Waals surface area contributed by atoms with Gasteiger partial charge in [0.2, 0.25) is 0 Å². The van der Waals surface area contributed by atoms with Crippen LogP contribution in [0.1, 0.15) is 21.5 Å². The molecule has 1 aliphatic heterocycles. The molecule has 0 aliphatic carbocycles. The van der Waals surface area contributed by atoms with Gasteiger partial charge in [-0.25, -0.2) is 9.79 Å². The number of thioether (sulfide) groups is 1. The van der Waals surface area contributed by atoms with Crippen LogP contribution in [0.25, 0.3) is 6.08 Å². The molecule has 120 valence electrons. The van der Waals surface area contributed by atoms with Crippen molar-refractivity contribution in [1.29, 1.82) is 0 Å². The van der Waals surface area contributed by atoms with E-state index in [1.807, 2.05) is 37.3 Å². The summed E-state index contributed by atoms with van der Waals surface area (Å²) in [5.41, 5.74) is 2.45. The van der Waals surface area contributed by atoms with Crippen molar-refractivity contribution in [3.63, 3.8) is 0 Å². The average molecular weight is 338 g/mol. The van der Waals surface area contributed by atoms with Crippen LogP contribution in [-0.4, -0.2) is 22.2 Å². The first kappa shape index (κ1) is 16.0. The van der Waals surface area contributed by atoms with Crippen molar-refractivity contribution in [2.24, 2.45) is 4.99 Å². The first-order valence-electron chi connectivity index (χ1n) is 7.21. The number of aromatic carboxylic acids is 1. The number of nitrogens with zero attached hydrogens (tertiary/aromatic N) is 1. The molecule has 1 fully saturated rings. The zero-order valence-corrected chi connectivity index (χ0v) is 13.6. The molecule has 1 amide bonds. The molecule has 0 unspecified atom stereocenters. The molecule has 2 aromatic rings. The summed E-state index contributed by atoms with van der Waals surface area (Å²) in [7, 11) is 0. The highest BCUT2D eigenvalue weighted by Gasteiger charge is 2.24. The van der Waals surface area contributed by atoms with Gasteiger partial charge in [0.1, 0.15) is 0 Å². The predicted octanol–water partition coefficient (Wildman–Crippen LogP) is 3.58. The molecule has 1 heterocycles. The van der Waals surface area contributed by atoms with Crippen LogP contribution in [0.3, 0.4) is 0 Å². The minimum absolute atomic E-state index is 0.161. The van der Waals surface area contributed by atoms with E-state index in [1.165, 1.54) is 23.9 Å². The zero-order valence-electron chi connectivity index (χ0n) is 12.8. The highest BCUT2D eigenvalue weighted by molar-refractivity contribution is 8.18. The fourth-order valence-electron chi connectivity index (χ4n) is 2.15. The van der Waals surface area contributed by atoms with E-state index in [-0.39, 0.29) is 11.5 Å². The summed E-state index contributed by atoms with van der Waals surface area (Å²) in [6, 6.07) is 14.3. The lowest BCUT2D eigenvalue weighted by Gasteiger charge is -2.03. The number of amidine groups is 1. The van der Waals surface area contributed by atoms with Gasteiger partial charge in [0.25, 0.3) is 5.91 Å². The Kier molecular flexibility index (Phi) is 4.48. The molecular weight excluding hydrogens is 324 g/mol. The highest BCUT2D eigenvalue weighted by atomic mass is 32.2. The number of aryl methyl sites for hydroxylation is 1. The molecule has 0 saturated carbocycles. The SMILES string of the molecule is Cc1ccc(C(=O)O)cc1N=C1NC(=O)C(=Cc2ccccc2)S1. The normalized spacial score (nSPS) is 17.3. The molecule has 0 radical (unpaired) electrons. The molecule has 5 nitrogen and oxygen atoms in total. The van der Waals surface area contributed by atoms with E-state index < -0.39 is 5.97 Å².